The molecule has 0 atom stereocenters. The summed E-state index contributed by atoms with van der Waals surface area (Å²) in [4.78, 5) is 10.9. The van der Waals surface area contributed by atoms with E-state index in [1.54, 1.807) is 0 Å². The Balaban J connectivity index is 2.13. The van der Waals surface area contributed by atoms with E-state index in [0.29, 0.717) is 0 Å². The van der Waals surface area contributed by atoms with Gasteiger partial charge in [0.15, 0.2) is 6.29 Å². The van der Waals surface area contributed by atoms with Gasteiger partial charge in [-0.25, -0.2) is 0 Å². The molecule has 2 nitrogen and oxygen atoms in total. The molecule has 0 saturated carbocycles. The second-order valence-electron chi connectivity index (χ2n) is 4.61. The van der Waals surface area contributed by atoms with Crippen LogP contribution >= 0.6 is 11.8 Å². The highest BCUT2D eigenvalue weighted by Crippen LogP contribution is 2.26. The smallest absolute Gasteiger partial charge is 0.151 e. The Hall–Kier alpha value is -0.700. The number of thioether (sulfide) groups is 1. The molecular weight excluding hydrogens is 218 g/mol. The number of hydrogen-bond acceptors (Lipinski definition) is 2. The Morgan fingerprint density at radius 3 is 2.69 bits per heavy atom. The van der Waals surface area contributed by atoms with Crippen molar-refractivity contribution >= 4 is 18.0 Å². The summed E-state index contributed by atoms with van der Waals surface area (Å²) >= 11 is 2.06. The van der Waals surface area contributed by atoms with Crippen LogP contribution in [0.25, 0.3) is 0 Å². The van der Waals surface area contributed by atoms with Crippen LogP contribution in [0.4, 0.5) is 0 Å². The zero-order valence-electron chi connectivity index (χ0n) is 10.0. The molecule has 0 radical (unpaired) electrons. The van der Waals surface area contributed by atoms with Crippen LogP contribution < -0.4 is 0 Å². The molecule has 2 rings (SSSR count). The molecule has 1 aliphatic heterocycles. The Morgan fingerprint density at radius 2 is 2.12 bits per heavy atom. The molecule has 3 heteroatoms. The zero-order chi connectivity index (χ0) is 11.5. The molecule has 1 saturated heterocycles. The Morgan fingerprint density at radius 1 is 1.44 bits per heavy atom. The molecule has 16 heavy (non-hydrogen) atoms. The highest BCUT2D eigenvalue weighted by atomic mass is 32.2. The van der Waals surface area contributed by atoms with E-state index >= 15 is 0 Å². The summed E-state index contributed by atoms with van der Waals surface area (Å²) in [6, 6.07) is 2.00. The van der Waals surface area contributed by atoms with Crippen LogP contribution in [-0.2, 0) is 6.54 Å². The van der Waals surface area contributed by atoms with E-state index in [2.05, 4.69) is 23.3 Å². The molecule has 1 aromatic rings. The van der Waals surface area contributed by atoms with E-state index in [4.69, 9.17) is 0 Å². The van der Waals surface area contributed by atoms with Gasteiger partial charge in [0.25, 0.3) is 0 Å². The second kappa shape index (κ2) is 5.09. The van der Waals surface area contributed by atoms with Gasteiger partial charge in [-0.05, 0) is 50.2 Å². The van der Waals surface area contributed by atoms with Gasteiger partial charge in [-0.1, -0.05) is 0 Å². The number of carbonyl (C=O) groups is 1. The lowest BCUT2D eigenvalue weighted by Gasteiger charge is -2.23. The average Bonchev–Trinajstić information content (AvgIpc) is 2.58. The summed E-state index contributed by atoms with van der Waals surface area (Å²) in [6.45, 7) is 5.23. The molecule has 0 unspecified atom stereocenters. The molecule has 1 aromatic heterocycles. The molecule has 88 valence electrons. The van der Waals surface area contributed by atoms with Gasteiger partial charge in [0.05, 0.1) is 0 Å². The number of carbonyl (C=O) groups excluding carboxylic acids is 1. The summed E-state index contributed by atoms with van der Waals surface area (Å²) in [5.74, 6) is 3.39. The van der Waals surface area contributed by atoms with Crippen molar-refractivity contribution in [2.75, 3.05) is 11.5 Å². The molecule has 1 fully saturated rings. The lowest BCUT2D eigenvalue weighted by molar-refractivity contribution is 0.112. The quantitative estimate of drug-likeness (QED) is 0.754. The van der Waals surface area contributed by atoms with Crippen molar-refractivity contribution in [1.82, 2.24) is 4.57 Å². The lowest BCUT2D eigenvalue weighted by atomic mass is 10.0. The zero-order valence-corrected chi connectivity index (χ0v) is 10.8. The molecule has 0 spiro atoms. The maximum Gasteiger partial charge on any atom is 0.151 e. The second-order valence-corrected chi connectivity index (χ2v) is 5.84. The van der Waals surface area contributed by atoms with Gasteiger partial charge in [0, 0.05) is 23.5 Å². The largest absolute Gasteiger partial charge is 0.348 e. The predicted molar refractivity (Wildman–Crippen MR) is 69.3 cm³/mol. The van der Waals surface area contributed by atoms with Gasteiger partial charge in [-0.2, -0.15) is 11.8 Å². The van der Waals surface area contributed by atoms with Crippen molar-refractivity contribution in [3.05, 3.63) is 23.0 Å². The maximum atomic E-state index is 10.9. The van der Waals surface area contributed by atoms with Gasteiger partial charge in [0.2, 0.25) is 0 Å². The number of aromatic nitrogens is 1. The fourth-order valence-corrected chi connectivity index (χ4v) is 3.62. The molecule has 0 bridgehead atoms. The van der Waals surface area contributed by atoms with E-state index in [-0.39, 0.29) is 0 Å². The van der Waals surface area contributed by atoms with Crippen molar-refractivity contribution in [2.24, 2.45) is 5.92 Å². The Bertz CT molecular complexity index is 378. The van der Waals surface area contributed by atoms with Gasteiger partial charge in [-0.15, -0.1) is 0 Å². The van der Waals surface area contributed by atoms with Crippen LogP contribution in [0.15, 0.2) is 6.07 Å². The summed E-state index contributed by atoms with van der Waals surface area (Å²) in [7, 11) is 0. The van der Waals surface area contributed by atoms with Crippen LogP contribution in [0.5, 0.6) is 0 Å². The fraction of sp³-hybridized carbons (Fsp3) is 0.615. The maximum absolute atomic E-state index is 10.9. The van der Waals surface area contributed by atoms with Crippen molar-refractivity contribution in [2.45, 2.75) is 33.2 Å². The molecule has 1 aliphatic rings. The molecule has 0 aliphatic carbocycles. The number of aldehydes is 1. The van der Waals surface area contributed by atoms with Crippen molar-refractivity contribution in [3.8, 4) is 0 Å². The number of hydrogen-bond donors (Lipinski definition) is 0. The minimum Gasteiger partial charge on any atom is -0.348 e. The van der Waals surface area contributed by atoms with Crippen molar-refractivity contribution < 1.29 is 4.79 Å². The summed E-state index contributed by atoms with van der Waals surface area (Å²) in [6.07, 6.45) is 3.60. The summed E-state index contributed by atoms with van der Waals surface area (Å²) in [5, 5.41) is 0. The van der Waals surface area contributed by atoms with Crippen LogP contribution in [0, 0.1) is 19.8 Å². The SMILES string of the molecule is Cc1cc(C=O)c(C)n1CC1CCSCC1. The van der Waals surface area contributed by atoms with E-state index in [9.17, 15) is 4.79 Å². The van der Waals surface area contributed by atoms with Crippen molar-refractivity contribution in [3.63, 3.8) is 0 Å². The monoisotopic (exact) mass is 237 g/mol. The molecule has 0 aromatic carbocycles. The van der Waals surface area contributed by atoms with E-state index in [1.165, 1.54) is 30.0 Å². The predicted octanol–water partition coefficient (Wildman–Crippen LogP) is 3.06. The molecular formula is C13H19NOS. The van der Waals surface area contributed by atoms with E-state index in [1.807, 2.05) is 13.0 Å². The lowest BCUT2D eigenvalue weighted by Crippen LogP contribution is -2.17. The molecule has 0 amide bonds. The number of aryl methyl sites for hydroxylation is 1. The standard InChI is InChI=1S/C13H19NOS/c1-10-7-13(9-15)11(2)14(10)8-12-3-5-16-6-4-12/h7,9,12H,3-6,8H2,1-2H3. The van der Waals surface area contributed by atoms with Crippen LogP contribution in [-0.4, -0.2) is 22.4 Å². The first kappa shape index (κ1) is 11.8. The average molecular weight is 237 g/mol. The van der Waals surface area contributed by atoms with Gasteiger partial charge in [0.1, 0.15) is 0 Å². The number of nitrogens with zero attached hydrogens (tertiary/aromatic N) is 1. The number of rotatable bonds is 3. The third-order valence-electron chi connectivity index (χ3n) is 3.52. The van der Waals surface area contributed by atoms with Crippen LogP contribution in [0.2, 0.25) is 0 Å². The van der Waals surface area contributed by atoms with Gasteiger partial charge in [-0.3, -0.25) is 4.79 Å². The van der Waals surface area contributed by atoms with Gasteiger partial charge < -0.3 is 4.57 Å². The first-order valence-electron chi connectivity index (χ1n) is 5.92. The first-order valence-corrected chi connectivity index (χ1v) is 7.07. The fourth-order valence-electron chi connectivity index (χ4n) is 2.42. The third-order valence-corrected chi connectivity index (χ3v) is 4.57. The Kier molecular flexibility index (Phi) is 3.74. The van der Waals surface area contributed by atoms with E-state index in [0.717, 1.165) is 30.0 Å². The topological polar surface area (TPSA) is 22.0 Å². The minimum absolute atomic E-state index is 0.797. The molecule has 0 N–H and O–H groups in total. The van der Waals surface area contributed by atoms with Gasteiger partial charge >= 0.3 is 0 Å². The molecule has 2 heterocycles. The highest BCUT2D eigenvalue weighted by Gasteiger charge is 2.17. The van der Waals surface area contributed by atoms with Crippen LogP contribution in [0.1, 0.15) is 34.6 Å². The Labute approximate surface area is 101 Å². The third kappa shape index (κ3) is 2.34. The summed E-state index contributed by atoms with van der Waals surface area (Å²) in [5.41, 5.74) is 3.20. The normalized spacial score (nSPS) is 17.6. The summed E-state index contributed by atoms with van der Waals surface area (Å²) < 4.78 is 2.31. The highest BCUT2D eigenvalue weighted by molar-refractivity contribution is 7.99. The van der Waals surface area contributed by atoms with Crippen molar-refractivity contribution in [1.29, 1.82) is 0 Å². The van der Waals surface area contributed by atoms with E-state index < -0.39 is 0 Å². The minimum atomic E-state index is 0.797. The first-order chi connectivity index (χ1) is 7.72. The van der Waals surface area contributed by atoms with Crippen LogP contribution in [0.3, 0.4) is 0 Å².